The van der Waals surface area contributed by atoms with E-state index in [9.17, 15) is 10.2 Å². The number of hydrogen-bond acceptors (Lipinski definition) is 3. The van der Waals surface area contributed by atoms with Crippen LogP contribution >= 0.6 is 0 Å². The molecule has 0 amide bonds. The van der Waals surface area contributed by atoms with Crippen molar-refractivity contribution in [1.29, 1.82) is 0 Å². The molecule has 2 atom stereocenters. The lowest BCUT2D eigenvalue weighted by Gasteiger charge is -2.29. The normalized spacial score (nSPS) is 20.9. The van der Waals surface area contributed by atoms with Crippen LogP contribution in [0.3, 0.4) is 0 Å². The quantitative estimate of drug-likeness (QED) is 0.749. The zero-order valence-electron chi connectivity index (χ0n) is 10.3. The summed E-state index contributed by atoms with van der Waals surface area (Å²) in [4.78, 5) is 0. The second-order valence-electron chi connectivity index (χ2n) is 4.78. The third kappa shape index (κ3) is 2.79. The standard InChI is InChI=1S/C14H21NO2/c1-2-11(9-16)15-14-5-3-4-10-8-12(17)6-7-13(10)14/h6-8,11,14-17H,2-5,9H2,1H3/t11-,14?/m1/s1. The van der Waals surface area contributed by atoms with Crippen molar-refractivity contribution < 1.29 is 10.2 Å². The molecule has 94 valence electrons. The summed E-state index contributed by atoms with van der Waals surface area (Å²) in [7, 11) is 0. The average Bonchev–Trinajstić information content (AvgIpc) is 2.35. The molecule has 0 fully saturated rings. The van der Waals surface area contributed by atoms with Gasteiger partial charge in [0, 0.05) is 12.1 Å². The van der Waals surface area contributed by atoms with Gasteiger partial charge in [-0.3, -0.25) is 0 Å². The van der Waals surface area contributed by atoms with Gasteiger partial charge in [0.05, 0.1) is 6.61 Å². The Morgan fingerprint density at radius 3 is 3.00 bits per heavy atom. The van der Waals surface area contributed by atoms with Gasteiger partial charge in [0.25, 0.3) is 0 Å². The second-order valence-corrected chi connectivity index (χ2v) is 4.78. The van der Waals surface area contributed by atoms with Gasteiger partial charge in [-0.25, -0.2) is 0 Å². The molecule has 0 radical (unpaired) electrons. The minimum Gasteiger partial charge on any atom is -0.508 e. The van der Waals surface area contributed by atoms with Gasteiger partial charge in [0.1, 0.15) is 5.75 Å². The van der Waals surface area contributed by atoms with Crippen LogP contribution in [0.25, 0.3) is 0 Å². The lowest BCUT2D eigenvalue weighted by Crippen LogP contribution is -2.36. The lowest BCUT2D eigenvalue weighted by molar-refractivity contribution is 0.223. The van der Waals surface area contributed by atoms with Gasteiger partial charge in [-0.2, -0.15) is 0 Å². The summed E-state index contributed by atoms with van der Waals surface area (Å²) in [5, 5.41) is 22.2. The molecule has 2 rings (SSSR count). The van der Waals surface area contributed by atoms with Crippen molar-refractivity contribution in [2.75, 3.05) is 6.61 Å². The van der Waals surface area contributed by atoms with E-state index in [0.717, 1.165) is 25.7 Å². The first kappa shape index (κ1) is 12.4. The monoisotopic (exact) mass is 235 g/mol. The summed E-state index contributed by atoms with van der Waals surface area (Å²) in [6, 6.07) is 6.10. The van der Waals surface area contributed by atoms with E-state index >= 15 is 0 Å². The van der Waals surface area contributed by atoms with Gasteiger partial charge in [-0.1, -0.05) is 13.0 Å². The lowest BCUT2D eigenvalue weighted by atomic mass is 9.87. The topological polar surface area (TPSA) is 52.5 Å². The van der Waals surface area contributed by atoms with Crippen LogP contribution in [-0.2, 0) is 6.42 Å². The highest BCUT2D eigenvalue weighted by atomic mass is 16.3. The van der Waals surface area contributed by atoms with Crippen LogP contribution in [0.15, 0.2) is 18.2 Å². The van der Waals surface area contributed by atoms with Gasteiger partial charge in [-0.05, 0) is 48.9 Å². The summed E-state index contributed by atoms with van der Waals surface area (Å²) < 4.78 is 0. The third-order valence-corrected chi connectivity index (χ3v) is 3.59. The molecule has 3 heteroatoms. The third-order valence-electron chi connectivity index (χ3n) is 3.59. The molecule has 3 nitrogen and oxygen atoms in total. The van der Waals surface area contributed by atoms with E-state index < -0.39 is 0 Å². The fraction of sp³-hybridized carbons (Fsp3) is 0.571. The number of benzene rings is 1. The first-order chi connectivity index (χ1) is 8.24. The Hall–Kier alpha value is -1.06. The van der Waals surface area contributed by atoms with E-state index in [0.29, 0.717) is 11.8 Å². The number of aliphatic hydroxyl groups excluding tert-OH is 1. The molecule has 0 aromatic heterocycles. The highest BCUT2D eigenvalue weighted by molar-refractivity contribution is 5.38. The van der Waals surface area contributed by atoms with Crippen LogP contribution in [0, 0.1) is 0 Å². The minimum absolute atomic E-state index is 0.166. The molecule has 0 aliphatic heterocycles. The molecule has 0 bridgehead atoms. The smallest absolute Gasteiger partial charge is 0.115 e. The predicted molar refractivity (Wildman–Crippen MR) is 68.1 cm³/mol. The maximum atomic E-state index is 9.49. The molecular formula is C14H21NO2. The molecule has 0 saturated heterocycles. The summed E-state index contributed by atoms with van der Waals surface area (Å²) in [6.45, 7) is 2.26. The maximum absolute atomic E-state index is 9.49. The van der Waals surface area contributed by atoms with Gasteiger partial charge >= 0.3 is 0 Å². The first-order valence-electron chi connectivity index (χ1n) is 6.43. The van der Waals surface area contributed by atoms with Crippen molar-refractivity contribution in [2.24, 2.45) is 0 Å². The Bertz CT molecular complexity index is 374. The molecular weight excluding hydrogens is 214 g/mol. The fourth-order valence-electron chi connectivity index (χ4n) is 2.56. The van der Waals surface area contributed by atoms with Crippen LogP contribution in [0.1, 0.15) is 43.4 Å². The molecule has 17 heavy (non-hydrogen) atoms. The van der Waals surface area contributed by atoms with Crippen LogP contribution < -0.4 is 5.32 Å². The van der Waals surface area contributed by atoms with Crippen LogP contribution in [0.5, 0.6) is 5.75 Å². The Labute approximate surface area is 102 Å². The van der Waals surface area contributed by atoms with E-state index in [4.69, 9.17) is 0 Å². The van der Waals surface area contributed by atoms with Crippen molar-refractivity contribution >= 4 is 0 Å². The highest BCUT2D eigenvalue weighted by Crippen LogP contribution is 2.32. The number of nitrogens with one attached hydrogen (secondary N) is 1. The first-order valence-corrected chi connectivity index (χ1v) is 6.43. The average molecular weight is 235 g/mol. The summed E-state index contributed by atoms with van der Waals surface area (Å²) in [5.41, 5.74) is 2.52. The molecule has 0 spiro atoms. The number of aromatic hydroxyl groups is 1. The van der Waals surface area contributed by atoms with Crippen LogP contribution in [-0.4, -0.2) is 22.9 Å². The Morgan fingerprint density at radius 2 is 2.29 bits per heavy atom. The predicted octanol–water partition coefficient (Wildman–Crippen LogP) is 2.13. The van der Waals surface area contributed by atoms with Crippen molar-refractivity contribution in [3.63, 3.8) is 0 Å². The van der Waals surface area contributed by atoms with E-state index in [-0.39, 0.29) is 12.6 Å². The van der Waals surface area contributed by atoms with E-state index in [1.165, 1.54) is 11.1 Å². The highest BCUT2D eigenvalue weighted by Gasteiger charge is 2.22. The number of phenolic OH excluding ortho intramolecular Hbond substituents is 1. The summed E-state index contributed by atoms with van der Waals surface area (Å²) >= 11 is 0. The molecule has 1 aromatic carbocycles. The summed E-state index contributed by atoms with van der Waals surface area (Å²) in [6.07, 6.45) is 4.21. The second kappa shape index (κ2) is 5.52. The zero-order chi connectivity index (χ0) is 12.3. The molecule has 3 N–H and O–H groups in total. The molecule has 0 saturated carbocycles. The molecule has 0 heterocycles. The SMILES string of the molecule is CC[C@H](CO)NC1CCCc2cc(O)ccc21. The molecule has 1 aliphatic carbocycles. The van der Waals surface area contributed by atoms with Gasteiger partial charge < -0.3 is 15.5 Å². The molecule has 1 unspecified atom stereocenters. The number of aliphatic hydroxyl groups is 1. The van der Waals surface area contributed by atoms with Crippen molar-refractivity contribution in [3.05, 3.63) is 29.3 Å². The van der Waals surface area contributed by atoms with E-state index in [1.807, 2.05) is 12.1 Å². The Kier molecular flexibility index (Phi) is 4.02. The maximum Gasteiger partial charge on any atom is 0.115 e. The van der Waals surface area contributed by atoms with Crippen LogP contribution in [0.2, 0.25) is 0 Å². The Morgan fingerprint density at radius 1 is 1.47 bits per heavy atom. The number of fused-ring (bicyclic) bond motifs is 1. The van der Waals surface area contributed by atoms with Crippen molar-refractivity contribution in [3.8, 4) is 5.75 Å². The molecule has 1 aliphatic rings. The van der Waals surface area contributed by atoms with Gasteiger partial charge in [0.2, 0.25) is 0 Å². The van der Waals surface area contributed by atoms with Crippen molar-refractivity contribution in [1.82, 2.24) is 5.32 Å². The summed E-state index contributed by atoms with van der Waals surface area (Å²) in [5.74, 6) is 0.346. The van der Waals surface area contributed by atoms with Crippen LogP contribution in [0.4, 0.5) is 0 Å². The Balaban J connectivity index is 2.16. The van der Waals surface area contributed by atoms with Gasteiger partial charge in [0.15, 0.2) is 0 Å². The number of rotatable bonds is 4. The van der Waals surface area contributed by atoms with Crippen molar-refractivity contribution in [2.45, 2.75) is 44.7 Å². The fourth-order valence-corrected chi connectivity index (χ4v) is 2.56. The molecule has 1 aromatic rings. The van der Waals surface area contributed by atoms with E-state index in [1.54, 1.807) is 6.07 Å². The largest absolute Gasteiger partial charge is 0.508 e. The number of hydrogen-bond donors (Lipinski definition) is 3. The number of aryl methyl sites for hydroxylation is 1. The minimum atomic E-state index is 0.166. The van der Waals surface area contributed by atoms with E-state index in [2.05, 4.69) is 12.2 Å². The number of phenols is 1. The van der Waals surface area contributed by atoms with Gasteiger partial charge in [-0.15, -0.1) is 0 Å². The zero-order valence-corrected chi connectivity index (χ0v) is 10.3.